The van der Waals surface area contributed by atoms with Gasteiger partial charge in [-0.25, -0.2) is 4.79 Å². The number of carboxylic acid groups (broad SMARTS) is 1. The SMILES string of the molecule is CC(C)(C)OC(=O)N(CCC(=O)O)C[C@@H]1CCCO1. The average Bonchev–Trinajstić information content (AvgIpc) is 2.73. The third-order valence-electron chi connectivity index (χ3n) is 2.70. The fraction of sp³-hybridized carbons (Fsp3) is 0.846. The highest BCUT2D eigenvalue weighted by atomic mass is 16.6. The molecule has 0 aromatic heterocycles. The summed E-state index contributed by atoms with van der Waals surface area (Å²) >= 11 is 0. The minimum atomic E-state index is -0.930. The second-order valence-corrected chi connectivity index (χ2v) is 5.71. The van der Waals surface area contributed by atoms with E-state index in [1.165, 1.54) is 4.90 Å². The average molecular weight is 273 g/mol. The van der Waals surface area contributed by atoms with Gasteiger partial charge in [-0.05, 0) is 33.6 Å². The first-order valence-electron chi connectivity index (χ1n) is 6.59. The quantitative estimate of drug-likeness (QED) is 0.827. The van der Waals surface area contributed by atoms with Gasteiger partial charge in [0.05, 0.1) is 19.1 Å². The van der Waals surface area contributed by atoms with E-state index in [-0.39, 0.29) is 19.1 Å². The van der Waals surface area contributed by atoms with Crippen LogP contribution in [0, 0.1) is 0 Å². The van der Waals surface area contributed by atoms with Crippen molar-refractivity contribution >= 4 is 12.1 Å². The fourth-order valence-electron chi connectivity index (χ4n) is 1.85. The maximum atomic E-state index is 12.0. The van der Waals surface area contributed by atoms with Crippen LogP contribution in [0.4, 0.5) is 4.79 Å². The molecule has 1 N–H and O–H groups in total. The Kier molecular flexibility index (Phi) is 5.60. The van der Waals surface area contributed by atoms with Crippen LogP contribution in [0.15, 0.2) is 0 Å². The number of nitrogens with zero attached hydrogens (tertiary/aromatic N) is 1. The second kappa shape index (κ2) is 6.75. The molecule has 1 heterocycles. The Bertz CT molecular complexity index is 317. The summed E-state index contributed by atoms with van der Waals surface area (Å²) in [5.74, 6) is -0.930. The summed E-state index contributed by atoms with van der Waals surface area (Å²) in [6.07, 6.45) is 1.29. The molecule has 1 saturated heterocycles. The minimum Gasteiger partial charge on any atom is -0.481 e. The molecule has 110 valence electrons. The number of hydrogen-bond acceptors (Lipinski definition) is 4. The van der Waals surface area contributed by atoms with Crippen molar-refractivity contribution in [1.29, 1.82) is 0 Å². The van der Waals surface area contributed by atoms with Crippen molar-refractivity contribution < 1.29 is 24.2 Å². The van der Waals surface area contributed by atoms with E-state index in [0.29, 0.717) is 13.2 Å². The van der Waals surface area contributed by atoms with Crippen molar-refractivity contribution in [2.45, 2.75) is 51.7 Å². The molecule has 1 fully saturated rings. The van der Waals surface area contributed by atoms with E-state index in [0.717, 1.165) is 12.8 Å². The largest absolute Gasteiger partial charge is 0.481 e. The molecular formula is C13H23NO5. The highest BCUT2D eigenvalue weighted by Gasteiger charge is 2.26. The van der Waals surface area contributed by atoms with Crippen LogP contribution >= 0.6 is 0 Å². The number of carbonyl (C=O) groups is 2. The van der Waals surface area contributed by atoms with Crippen molar-refractivity contribution in [2.24, 2.45) is 0 Å². The molecule has 1 rings (SSSR count). The number of amides is 1. The Morgan fingerprint density at radius 3 is 2.58 bits per heavy atom. The molecule has 0 aromatic rings. The van der Waals surface area contributed by atoms with Crippen LogP contribution in [-0.4, -0.2) is 53.5 Å². The molecule has 0 radical (unpaired) electrons. The lowest BCUT2D eigenvalue weighted by Gasteiger charge is -2.28. The number of rotatable bonds is 5. The van der Waals surface area contributed by atoms with Crippen LogP contribution in [0.25, 0.3) is 0 Å². The first-order chi connectivity index (χ1) is 8.78. The van der Waals surface area contributed by atoms with Gasteiger partial charge in [0, 0.05) is 13.2 Å². The lowest BCUT2D eigenvalue weighted by Crippen LogP contribution is -2.42. The third-order valence-corrected chi connectivity index (χ3v) is 2.70. The molecule has 19 heavy (non-hydrogen) atoms. The fourth-order valence-corrected chi connectivity index (χ4v) is 1.85. The Balaban J connectivity index is 2.56. The van der Waals surface area contributed by atoms with Crippen molar-refractivity contribution in [1.82, 2.24) is 4.90 Å². The molecule has 6 nitrogen and oxygen atoms in total. The molecule has 6 heteroatoms. The number of hydrogen-bond donors (Lipinski definition) is 1. The smallest absolute Gasteiger partial charge is 0.410 e. The van der Waals surface area contributed by atoms with E-state index in [1.807, 2.05) is 0 Å². The Labute approximate surface area is 113 Å². The highest BCUT2D eigenvalue weighted by Crippen LogP contribution is 2.16. The molecule has 1 aliphatic rings. The van der Waals surface area contributed by atoms with E-state index in [9.17, 15) is 9.59 Å². The minimum absolute atomic E-state index is 0.0127. The van der Waals surface area contributed by atoms with Gasteiger partial charge in [-0.1, -0.05) is 0 Å². The van der Waals surface area contributed by atoms with Crippen LogP contribution in [0.1, 0.15) is 40.0 Å². The van der Waals surface area contributed by atoms with Crippen LogP contribution in [0.3, 0.4) is 0 Å². The zero-order valence-electron chi connectivity index (χ0n) is 11.8. The molecule has 0 aromatic carbocycles. The number of carboxylic acids is 1. The van der Waals surface area contributed by atoms with E-state index in [2.05, 4.69) is 0 Å². The molecule has 0 aliphatic carbocycles. The summed E-state index contributed by atoms with van der Waals surface area (Å²) in [6, 6.07) is 0. The lowest BCUT2D eigenvalue weighted by molar-refractivity contribution is -0.137. The van der Waals surface area contributed by atoms with Crippen molar-refractivity contribution in [2.75, 3.05) is 19.7 Å². The van der Waals surface area contributed by atoms with Crippen molar-refractivity contribution in [3.63, 3.8) is 0 Å². The predicted molar refractivity (Wildman–Crippen MR) is 69.0 cm³/mol. The first-order valence-corrected chi connectivity index (χ1v) is 6.59. The maximum absolute atomic E-state index is 12.0. The van der Waals surface area contributed by atoms with Crippen molar-refractivity contribution in [3.05, 3.63) is 0 Å². The molecule has 1 aliphatic heterocycles. The molecular weight excluding hydrogens is 250 g/mol. The number of aliphatic carboxylic acids is 1. The van der Waals surface area contributed by atoms with E-state index >= 15 is 0 Å². The van der Waals surface area contributed by atoms with Crippen LogP contribution in [-0.2, 0) is 14.3 Å². The topological polar surface area (TPSA) is 76.1 Å². The van der Waals surface area contributed by atoms with Crippen LogP contribution in [0.2, 0.25) is 0 Å². The van der Waals surface area contributed by atoms with E-state index in [4.69, 9.17) is 14.6 Å². The molecule has 0 unspecified atom stereocenters. The molecule has 0 bridgehead atoms. The monoisotopic (exact) mass is 273 g/mol. The summed E-state index contributed by atoms with van der Waals surface area (Å²) in [4.78, 5) is 24.1. The Morgan fingerprint density at radius 1 is 1.42 bits per heavy atom. The van der Waals surface area contributed by atoms with Gasteiger partial charge in [-0.3, -0.25) is 4.79 Å². The maximum Gasteiger partial charge on any atom is 0.410 e. The first kappa shape index (κ1) is 15.8. The zero-order valence-corrected chi connectivity index (χ0v) is 11.8. The number of carbonyl (C=O) groups excluding carboxylic acids is 1. The van der Waals surface area contributed by atoms with Gasteiger partial charge in [0.25, 0.3) is 0 Å². The Morgan fingerprint density at radius 2 is 2.11 bits per heavy atom. The predicted octanol–water partition coefficient (Wildman–Crippen LogP) is 1.88. The molecule has 1 amide bonds. The van der Waals surface area contributed by atoms with Gasteiger partial charge in [-0.2, -0.15) is 0 Å². The summed E-state index contributed by atoms with van der Waals surface area (Å²) < 4.78 is 10.8. The summed E-state index contributed by atoms with van der Waals surface area (Å²) in [5.41, 5.74) is -0.588. The second-order valence-electron chi connectivity index (χ2n) is 5.71. The van der Waals surface area contributed by atoms with Gasteiger partial charge >= 0.3 is 12.1 Å². The summed E-state index contributed by atoms with van der Waals surface area (Å²) in [5, 5.41) is 8.73. The Hall–Kier alpha value is -1.30. The van der Waals surface area contributed by atoms with E-state index < -0.39 is 17.7 Å². The van der Waals surface area contributed by atoms with Gasteiger partial charge in [0.1, 0.15) is 5.60 Å². The van der Waals surface area contributed by atoms with Crippen LogP contribution < -0.4 is 0 Å². The van der Waals surface area contributed by atoms with Gasteiger partial charge in [0.2, 0.25) is 0 Å². The van der Waals surface area contributed by atoms with Crippen molar-refractivity contribution in [3.8, 4) is 0 Å². The highest BCUT2D eigenvalue weighted by molar-refractivity contribution is 5.70. The van der Waals surface area contributed by atoms with E-state index in [1.54, 1.807) is 20.8 Å². The number of ether oxygens (including phenoxy) is 2. The van der Waals surface area contributed by atoms with Gasteiger partial charge in [0.15, 0.2) is 0 Å². The van der Waals surface area contributed by atoms with Gasteiger partial charge in [-0.15, -0.1) is 0 Å². The molecule has 0 spiro atoms. The molecule has 0 saturated carbocycles. The molecule has 1 atom stereocenters. The van der Waals surface area contributed by atoms with Crippen LogP contribution in [0.5, 0.6) is 0 Å². The van der Waals surface area contributed by atoms with Gasteiger partial charge < -0.3 is 19.5 Å². The summed E-state index contributed by atoms with van der Waals surface area (Å²) in [7, 11) is 0. The third kappa shape index (κ3) is 6.42. The lowest BCUT2D eigenvalue weighted by atomic mass is 10.2. The summed E-state index contributed by atoms with van der Waals surface area (Å²) in [6.45, 7) is 6.59. The normalized spacial score (nSPS) is 19.2. The standard InChI is InChI=1S/C13H23NO5/c1-13(2,3)19-12(17)14(7-6-11(15)16)9-10-5-4-8-18-10/h10H,4-9H2,1-3H3,(H,15,16)/t10-/m0/s1. The zero-order chi connectivity index (χ0) is 14.5.